The van der Waals surface area contributed by atoms with Gasteiger partial charge >= 0.3 is 0 Å². The van der Waals surface area contributed by atoms with Crippen LogP contribution in [0, 0.1) is 0 Å². The highest BCUT2D eigenvalue weighted by molar-refractivity contribution is 5.49. The van der Waals surface area contributed by atoms with Gasteiger partial charge in [-0.2, -0.15) is 4.98 Å². The van der Waals surface area contributed by atoms with Gasteiger partial charge < -0.3 is 14.6 Å². The number of aromatic amines is 1. The van der Waals surface area contributed by atoms with Gasteiger partial charge in [-0.05, 0) is 12.1 Å². The van der Waals surface area contributed by atoms with E-state index in [1.807, 2.05) is 57.1 Å². The highest BCUT2D eigenvalue weighted by atomic mass is 16.5. The van der Waals surface area contributed by atoms with E-state index in [9.17, 15) is 4.79 Å². The van der Waals surface area contributed by atoms with Crippen LogP contribution in [0.1, 0.15) is 25.6 Å². The van der Waals surface area contributed by atoms with Gasteiger partial charge in [0.15, 0.2) is 0 Å². The third kappa shape index (κ3) is 3.38. The van der Waals surface area contributed by atoms with E-state index < -0.39 is 0 Å². The molecule has 0 spiro atoms. The van der Waals surface area contributed by atoms with Gasteiger partial charge in [-0.3, -0.25) is 4.79 Å². The van der Waals surface area contributed by atoms with Crippen molar-refractivity contribution in [1.82, 2.24) is 9.97 Å². The lowest BCUT2D eigenvalue weighted by Gasteiger charge is -2.14. The standard InChI is InChI=1S/C15H19N3O2/c1-10(2)15-16-13(19)9-14(17-15)20-12-7-5-6-11(8-12)18(3)4/h5-10H,1-4H3,(H,16,17,19). The van der Waals surface area contributed by atoms with Crippen molar-refractivity contribution < 1.29 is 4.74 Å². The van der Waals surface area contributed by atoms with Crippen LogP contribution in [0.3, 0.4) is 0 Å². The number of rotatable bonds is 4. The van der Waals surface area contributed by atoms with Crippen molar-refractivity contribution in [2.24, 2.45) is 0 Å². The zero-order valence-electron chi connectivity index (χ0n) is 12.2. The molecule has 0 amide bonds. The van der Waals surface area contributed by atoms with E-state index in [1.54, 1.807) is 0 Å². The molecular formula is C15H19N3O2. The van der Waals surface area contributed by atoms with Gasteiger partial charge in [0, 0.05) is 31.8 Å². The quantitative estimate of drug-likeness (QED) is 0.930. The predicted molar refractivity (Wildman–Crippen MR) is 79.8 cm³/mol. The number of nitrogens with zero attached hydrogens (tertiary/aromatic N) is 2. The molecule has 2 rings (SSSR count). The number of nitrogens with one attached hydrogen (secondary N) is 1. The summed E-state index contributed by atoms with van der Waals surface area (Å²) in [7, 11) is 3.92. The molecule has 106 valence electrons. The fourth-order valence-electron chi connectivity index (χ4n) is 1.73. The van der Waals surface area contributed by atoms with Gasteiger partial charge in [-0.25, -0.2) is 0 Å². The van der Waals surface area contributed by atoms with Gasteiger partial charge in [0.25, 0.3) is 5.56 Å². The molecule has 5 heteroatoms. The van der Waals surface area contributed by atoms with Gasteiger partial charge in [-0.15, -0.1) is 0 Å². The molecule has 0 aliphatic rings. The SMILES string of the molecule is CC(C)c1nc(Oc2cccc(N(C)C)c2)cc(=O)[nH]1. The third-order valence-corrected chi connectivity index (χ3v) is 2.84. The number of ether oxygens (including phenoxy) is 1. The molecule has 1 N–H and O–H groups in total. The zero-order valence-corrected chi connectivity index (χ0v) is 12.2. The molecule has 5 nitrogen and oxygen atoms in total. The highest BCUT2D eigenvalue weighted by Gasteiger charge is 2.07. The fraction of sp³-hybridized carbons (Fsp3) is 0.333. The second-order valence-corrected chi connectivity index (χ2v) is 5.12. The van der Waals surface area contributed by atoms with Crippen LogP contribution in [0.4, 0.5) is 5.69 Å². The van der Waals surface area contributed by atoms with E-state index >= 15 is 0 Å². The molecule has 0 unspecified atom stereocenters. The van der Waals surface area contributed by atoms with Crippen LogP contribution in [0.25, 0.3) is 0 Å². The van der Waals surface area contributed by atoms with Crippen molar-refractivity contribution in [2.45, 2.75) is 19.8 Å². The minimum Gasteiger partial charge on any atom is -0.439 e. The molecule has 20 heavy (non-hydrogen) atoms. The monoisotopic (exact) mass is 273 g/mol. The van der Waals surface area contributed by atoms with Gasteiger partial charge in [0.2, 0.25) is 5.88 Å². The normalized spacial score (nSPS) is 10.7. The summed E-state index contributed by atoms with van der Waals surface area (Å²) in [4.78, 5) is 20.6. The molecule has 0 saturated heterocycles. The molecule has 1 aromatic carbocycles. The average molecular weight is 273 g/mol. The first-order chi connectivity index (χ1) is 9.45. The number of benzene rings is 1. The summed E-state index contributed by atoms with van der Waals surface area (Å²) in [5.41, 5.74) is 0.818. The Labute approximate surface area is 118 Å². The van der Waals surface area contributed by atoms with Crippen molar-refractivity contribution in [3.05, 3.63) is 46.5 Å². The largest absolute Gasteiger partial charge is 0.439 e. The maximum absolute atomic E-state index is 11.6. The third-order valence-electron chi connectivity index (χ3n) is 2.84. The average Bonchev–Trinajstić information content (AvgIpc) is 2.38. The van der Waals surface area contributed by atoms with Crippen molar-refractivity contribution in [3.8, 4) is 11.6 Å². The Morgan fingerprint density at radius 1 is 1.25 bits per heavy atom. The van der Waals surface area contributed by atoms with Crippen LogP contribution in [0.5, 0.6) is 11.6 Å². The van der Waals surface area contributed by atoms with E-state index in [4.69, 9.17) is 4.74 Å². The Kier molecular flexibility index (Phi) is 4.08. The highest BCUT2D eigenvalue weighted by Crippen LogP contribution is 2.23. The first-order valence-electron chi connectivity index (χ1n) is 6.52. The molecule has 0 bridgehead atoms. The number of hydrogen-bond donors (Lipinski definition) is 1. The van der Waals surface area contributed by atoms with E-state index in [0.717, 1.165) is 5.69 Å². The summed E-state index contributed by atoms with van der Waals surface area (Å²) in [5, 5.41) is 0. The van der Waals surface area contributed by atoms with E-state index in [1.165, 1.54) is 6.07 Å². The molecule has 0 saturated carbocycles. The molecule has 0 radical (unpaired) electrons. The molecule has 2 aromatic rings. The lowest BCUT2D eigenvalue weighted by Crippen LogP contribution is -2.12. The number of aromatic nitrogens is 2. The Balaban J connectivity index is 2.30. The topological polar surface area (TPSA) is 58.2 Å². The number of H-pyrrole nitrogens is 1. The summed E-state index contributed by atoms with van der Waals surface area (Å²) in [6.45, 7) is 3.93. The Bertz CT molecular complexity index is 648. The number of hydrogen-bond acceptors (Lipinski definition) is 4. The van der Waals surface area contributed by atoms with Crippen molar-refractivity contribution >= 4 is 5.69 Å². The van der Waals surface area contributed by atoms with Crippen LogP contribution in [-0.2, 0) is 0 Å². The van der Waals surface area contributed by atoms with E-state index in [-0.39, 0.29) is 11.5 Å². The first-order valence-corrected chi connectivity index (χ1v) is 6.52. The van der Waals surface area contributed by atoms with Crippen molar-refractivity contribution in [3.63, 3.8) is 0 Å². The molecular weight excluding hydrogens is 254 g/mol. The Hall–Kier alpha value is -2.30. The second-order valence-electron chi connectivity index (χ2n) is 5.12. The van der Waals surface area contributed by atoms with E-state index in [2.05, 4.69) is 9.97 Å². The van der Waals surface area contributed by atoms with Crippen LogP contribution in [0.15, 0.2) is 35.1 Å². The molecule has 0 aliphatic heterocycles. The summed E-state index contributed by atoms with van der Waals surface area (Å²) in [6.07, 6.45) is 0. The van der Waals surface area contributed by atoms with E-state index in [0.29, 0.717) is 17.5 Å². The van der Waals surface area contributed by atoms with Gasteiger partial charge in [0.1, 0.15) is 11.6 Å². The fourth-order valence-corrected chi connectivity index (χ4v) is 1.73. The van der Waals surface area contributed by atoms with Crippen LogP contribution in [-0.4, -0.2) is 24.1 Å². The van der Waals surface area contributed by atoms with Gasteiger partial charge in [-0.1, -0.05) is 19.9 Å². The summed E-state index contributed by atoms with van der Waals surface area (Å²) >= 11 is 0. The molecule has 0 fully saturated rings. The van der Waals surface area contributed by atoms with Crippen molar-refractivity contribution in [1.29, 1.82) is 0 Å². The lowest BCUT2D eigenvalue weighted by atomic mass is 10.2. The first kappa shape index (κ1) is 14.1. The van der Waals surface area contributed by atoms with Crippen LogP contribution < -0.4 is 15.2 Å². The molecule has 1 aromatic heterocycles. The summed E-state index contributed by atoms with van der Waals surface area (Å²) in [6, 6.07) is 8.98. The van der Waals surface area contributed by atoms with Crippen LogP contribution >= 0.6 is 0 Å². The molecule has 0 aliphatic carbocycles. The zero-order chi connectivity index (χ0) is 14.7. The molecule has 0 atom stereocenters. The minimum absolute atomic E-state index is 0.138. The predicted octanol–water partition coefficient (Wildman–Crippen LogP) is 2.75. The summed E-state index contributed by atoms with van der Waals surface area (Å²) in [5.74, 6) is 1.73. The lowest BCUT2D eigenvalue weighted by molar-refractivity contribution is 0.455. The van der Waals surface area contributed by atoms with Crippen molar-refractivity contribution in [2.75, 3.05) is 19.0 Å². The minimum atomic E-state index is -0.206. The Morgan fingerprint density at radius 2 is 2.00 bits per heavy atom. The maximum atomic E-state index is 11.6. The molecule has 1 heterocycles. The van der Waals surface area contributed by atoms with Crippen LogP contribution in [0.2, 0.25) is 0 Å². The maximum Gasteiger partial charge on any atom is 0.254 e. The Morgan fingerprint density at radius 3 is 2.65 bits per heavy atom. The smallest absolute Gasteiger partial charge is 0.254 e. The number of anilines is 1. The summed E-state index contributed by atoms with van der Waals surface area (Å²) < 4.78 is 5.68. The van der Waals surface area contributed by atoms with Gasteiger partial charge in [0.05, 0.1) is 6.07 Å². The second kappa shape index (κ2) is 5.77.